The molecule has 0 saturated carbocycles. The number of carbonyl (C=O) groups is 1. The number of ketones is 1. The normalized spacial score (nSPS) is 13.9. The van der Waals surface area contributed by atoms with Gasteiger partial charge in [-0.05, 0) is 65.8 Å². The Morgan fingerprint density at radius 3 is 1.16 bits per heavy atom. The molecule has 2 aromatic heterocycles. The highest BCUT2D eigenvalue weighted by Crippen LogP contribution is 2.39. The van der Waals surface area contributed by atoms with E-state index in [2.05, 4.69) is 9.97 Å². The standard InChI is InChI=1S/C29H30F4N4O5S2/c1-15-7-11-21(12-8-15)43(39,40)36-19(5)34-17(3)25(36)23(28(30)31)27(38)24(29(32)33)26-18(4)35-20(6)37(26)44(41,42)22-13-9-16(2)10-14-22/h7-14,23-24,28-29H,1-6H3. The summed E-state index contributed by atoms with van der Waals surface area (Å²) < 4.78 is 115. The number of imidazole rings is 2. The minimum absolute atomic E-state index is 0.274. The molecule has 44 heavy (non-hydrogen) atoms. The Kier molecular flexibility index (Phi) is 8.95. The van der Waals surface area contributed by atoms with E-state index in [4.69, 9.17) is 0 Å². The molecule has 4 rings (SSSR count). The molecule has 0 bridgehead atoms. The van der Waals surface area contributed by atoms with Gasteiger partial charge in [0.25, 0.3) is 32.9 Å². The number of rotatable bonds is 10. The molecule has 0 amide bonds. The first-order valence-corrected chi connectivity index (χ1v) is 16.2. The van der Waals surface area contributed by atoms with Crippen molar-refractivity contribution >= 4 is 25.8 Å². The summed E-state index contributed by atoms with van der Waals surface area (Å²) in [6.45, 7) is 8.22. The Bertz CT molecular complexity index is 1790. The van der Waals surface area contributed by atoms with Gasteiger partial charge in [-0.15, -0.1) is 0 Å². The topological polar surface area (TPSA) is 121 Å². The molecular weight excluding hydrogens is 624 g/mol. The third kappa shape index (κ3) is 5.70. The SMILES string of the molecule is Cc1ccc(S(=O)(=O)n2c(C)nc(C)c2C(C(=O)C(c2c(C)nc(C)n2S(=O)(=O)c2ccc(C)cc2)C(F)F)C(F)F)cc1. The molecular formula is C29H30F4N4O5S2. The molecule has 0 aliphatic heterocycles. The average Bonchev–Trinajstić information content (AvgIpc) is 3.38. The maximum atomic E-state index is 14.9. The van der Waals surface area contributed by atoms with Gasteiger partial charge >= 0.3 is 0 Å². The molecule has 4 aromatic rings. The first-order chi connectivity index (χ1) is 20.4. The van der Waals surface area contributed by atoms with Crippen LogP contribution in [0, 0.1) is 41.5 Å². The monoisotopic (exact) mass is 654 g/mol. The number of aromatic nitrogens is 4. The molecule has 2 atom stereocenters. The van der Waals surface area contributed by atoms with Crippen LogP contribution < -0.4 is 0 Å². The van der Waals surface area contributed by atoms with Crippen molar-refractivity contribution in [3.05, 3.63) is 94.1 Å². The summed E-state index contributed by atoms with van der Waals surface area (Å²) in [7, 11) is -9.25. The zero-order valence-corrected chi connectivity index (χ0v) is 26.2. The van der Waals surface area contributed by atoms with E-state index in [1.54, 1.807) is 13.8 Å². The maximum absolute atomic E-state index is 14.9. The third-order valence-electron chi connectivity index (χ3n) is 7.25. The predicted octanol–water partition coefficient (Wildman–Crippen LogP) is 5.37. The minimum atomic E-state index is -4.63. The number of hydrogen-bond acceptors (Lipinski definition) is 7. The van der Waals surface area contributed by atoms with Crippen LogP contribution in [0.2, 0.25) is 0 Å². The number of aryl methyl sites for hydroxylation is 6. The van der Waals surface area contributed by atoms with E-state index in [-0.39, 0.29) is 32.8 Å². The summed E-state index contributed by atoms with van der Waals surface area (Å²) >= 11 is 0. The number of benzene rings is 2. The van der Waals surface area contributed by atoms with Gasteiger partial charge in [0.1, 0.15) is 23.5 Å². The first kappa shape index (κ1) is 33.1. The van der Waals surface area contributed by atoms with Gasteiger partial charge in [0.05, 0.1) is 32.6 Å². The van der Waals surface area contributed by atoms with Crippen molar-refractivity contribution in [1.29, 1.82) is 0 Å². The van der Waals surface area contributed by atoms with Crippen molar-refractivity contribution in [1.82, 2.24) is 17.9 Å². The molecule has 0 aliphatic carbocycles. The van der Waals surface area contributed by atoms with Gasteiger partial charge in [0.15, 0.2) is 5.78 Å². The largest absolute Gasteiger partial charge is 0.298 e. The second-order valence-electron chi connectivity index (χ2n) is 10.5. The van der Waals surface area contributed by atoms with Crippen molar-refractivity contribution in [2.75, 3.05) is 0 Å². The Hall–Kier alpha value is -3.85. The van der Waals surface area contributed by atoms with E-state index in [1.807, 2.05) is 0 Å². The molecule has 0 aliphatic rings. The van der Waals surface area contributed by atoms with E-state index in [1.165, 1.54) is 76.2 Å². The smallest absolute Gasteiger partial charge is 0.269 e. The average molecular weight is 655 g/mol. The number of hydrogen-bond donors (Lipinski definition) is 0. The molecule has 0 N–H and O–H groups in total. The molecule has 0 spiro atoms. The van der Waals surface area contributed by atoms with Crippen LogP contribution >= 0.6 is 0 Å². The number of halogens is 4. The Labute approximate surface area is 252 Å². The Balaban J connectivity index is 1.95. The van der Waals surface area contributed by atoms with Gasteiger partial charge in [-0.1, -0.05) is 35.4 Å². The fourth-order valence-electron chi connectivity index (χ4n) is 5.22. The second-order valence-corrected chi connectivity index (χ2v) is 14.0. The summed E-state index contributed by atoms with van der Waals surface area (Å²) in [5.74, 6) is -7.78. The van der Waals surface area contributed by atoms with E-state index in [0.29, 0.717) is 19.1 Å². The first-order valence-electron chi connectivity index (χ1n) is 13.3. The van der Waals surface area contributed by atoms with E-state index in [9.17, 15) is 39.2 Å². The lowest BCUT2D eigenvalue weighted by molar-refractivity contribution is -0.128. The van der Waals surface area contributed by atoms with Gasteiger partial charge in [-0.3, -0.25) is 4.79 Å². The highest BCUT2D eigenvalue weighted by Gasteiger charge is 2.47. The lowest BCUT2D eigenvalue weighted by Gasteiger charge is -2.25. The van der Waals surface area contributed by atoms with Crippen molar-refractivity contribution in [2.24, 2.45) is 0 Å². The van der Waals surface area contributed by atoms with Crippen molar-refractivity contribution < 1.29 is 39.2 Å². The quantitative estimate of drug-likeness (QED) is 0.211. The summed E-state index contributed by atoms with van der Waals surface area (Å²) in [6, 6.07) is 10.9. The number of Topliss-reactive ketones (excluding diaryl/α,β-unsaturated/α-hetero) is 1. The molecule has 15 heteroatoms. The molecule has 2 heterocycles. The van der Waals surface area contributed by atoms with Gasteiger partial charge < -0.3 is 0 Å². The molecule has 0 radical (unpaired) electrons. The Morgan fingerprint density at radius 1 is 0.591 bits per heavy atom. The van der Waals surface area contributed by atoms with Crippen molar-refractivity contribution in [3.63, 3.8) is 0 Å². The van der Waals surface area contributed by atoms with E-state index >= 15 is 0 Å². The van der Waals surface area contributed by atoms with Gasteiger partial charge in [0.2, 0.25) is 0 Å². The number of nitrogens with zero attached hydrogens (tertiary/aromatic N) is 4. The van der Waals surface area contributed by atoms with Crippen molar-refractivity contribution in [3.8, 4) is 0 Å². The zero-order valence-electron chi connectivity index (χ0n) is 24.6. The van der Waals surface area contributed by atoms with Crippen molar-refractivity contribution in [2.45, 2.75) is 76.0 Å². The lowest BCUT2D eigenvalue weighted by Crippen LogP contribution is -2.35. The summed E-state index contributed by atoms with van der Waals surface area (Å²) in [4.78, 5) is 21.3. The van der Waals surface area contributed by atoms with Crippen LogP contribution in [-0.4, -0.2) is 53.4 Å². The summed E-state index contributed by atoms with van der Waals surface area (Å²) in [6.07, 6.45) is -7.34. The molecule has 0 saturated heterocycles. The highest BCUT2D eigenvalue weighted by atomic mass is 32.2. The number of alkyl halides is 4. The van der Waals surface area contributed by atoms with E-state index < -0.39 is 61.9 Å². The van der Waals surface area contributed by atoms with Crippen LogP contribution in [-0.2, 0) is 24.8 Å². The van der Waals surface area contributed by atoms with Crippen LogP contribution in [0.5, 0.6) is 0 Å². The fraction of sp³-hybridized carbons (Fsp3) is 0.345. The predicted molar refractivity (Wildman–Crippen MR) is 153 cm³/mol. The lowest BCUT2D eigenvalue weighted by atomic mass is 9.87. The van der Waals surface area contributed by atoms with Crippen LogP contribution in [0.1, 0.15) is 57.4 Å². The molecule has 2 aromatic carbocycles. The van der Waals surface area contributed by atoms with Gasteiger partial charge in [0, 0.05) is 0 Å². The minimum Gasteiger partial charge on any atom is -0.298 e. The molecule has 0 fully saturated rings. The van der Waals surface area contributed by atoms with E-state index in [0.717, 1.165) is 0 Å². The van der Waals surface area contributed by atoms with Crippen LogP contribution in [0.4, 0.5) is 17.6 Å². The maximum Gasteiger partial charge on any atom is 0.269 e. The van der Waals surface area contributed by atoms with Gasteiger partial charge in [-0.2, -0.15) is 0 Å². The Morgan fingerprint density at radius 2 is 0.886 bits per heavy atom. The molecule has 236 valence electrons. The third-order valence-corrected chi connectivity index (χ3v) is 10.9. The van der Waals surface area contributed by atoms with Crippen LogP contribution in [0.3, 0.4) is 0 Å². The fourth-order valence-corrected chi connectivity index (χ4v) is 8.39. The summed E-state index contributed by atoms with van der Waals surface area (Å²) in [5, 5.41) is 0. The molecule has 2 unspecified atom stereocenters. The molecule has 9 nitrogen and oxygen atoms in total. The highest BCUT2D eigenvalue weighted by molar-refractivity contribution is 7.90. The number of carbonyl (C=O) groups excluding carboxylic acids is 1. The van der Waals surface area contributed by atoms with Crippen LogP contribution in [0.25, 0.3) is 0 Å². The van der Waals surface area contributed by atoms with Gasteiger partial charge in [-0.25, -0.2) is 52.3 Å². The second kappa shape index (κ2) is 11.9. The summed E-state index contributed by atoms with van der Waals surface area (Å²) in [5.41, 5.74) is -0.750. The zero-order chi connectivity index (χ0) is 32.9. The van der Waals surface area contributed by atoms with Crippen LogP contribution in [0.15, 0.2) is 58.3 Å².